The second-order valence-electron chi connectivity index (χ2n) is 10.9. The standard InChI is InChI=1S/C26H35F3N4OS/c1-25(2,3)32-35-23-13-12-18(14-20(23)26(27,28)29)22-15-21(24(34)30-19-10-7-11-19)31-33(22)16-17-8-5-4-6-9-17/h12-15,17,19,32H,4-11,16H2,1-3H3,(H,30,34). The number of alkyl halides is 3. The van der Waals surface area contributed by atoms with Crippen molar-refractivity contribution in [3.63, 3.8) is 0 Å². The summed E-state index contributed by atoms with van der Waals surface area (Å²) in [7, 11) is 0. The number of benzene rings is 1. The van der Waals surface area contributed by atoms with Crippen molar-refractivity contribution in [1.82, 2.24) is 19.8 Å². The van der Waals surface area contributed by atoms with Crippen molar-refractivity contribution in [2.24, 2.45) is 5.92 Å². The van der Waals surface area contributed by atoms with Gasteiger partial charge in [-0.3, -0.25) is 14.2 Å². The van der Waals surface area contributed by atoms with E-state index in [0.29, 0.717) is 23.7 Å². The largest absolute Gasteiger partial charge is 0.417 e. The van der Waals surface area contributed by atoms with E-state index in [1.807, 2.05) is 20.8 Å². The van der Waals surface area contributed by atoms with Gasteiger partial charge < -0.3 is 5.32 Å². The molecule has 192 valence electrons. The fourth-order valence-electron chi connectivity index (χ4n) is 4.53. The van der Waals surface area contributed by atoms with Crippen LogP contribution in [0.1, 0.15) is 88.2 Å². The number of rotatable bonds is 7. The molecule has 9 heteroatoms. The Morgan fingerprint density at radius 3 is 2.37 bits per heavy atom. The second kappa shape index (κ2) is 10.5. The Balaban J connectivity index is 1.68. The van der Waals surface area contributed by atoms with E-state index in [0.717, 1.165) is 56.9 Å². The number of hydrogen-bond donors (Lipinski definition) is 2. The fraction of sp³-hybridized carbons (Fsp3) is 0.615. The number of halogens is 3. The third-order valence-electron chi connectivity index (χ3n) is 6.66. The van der Waals surface area contributed by atoms with E-state index in [4.69, 9.17) is 0 Å². The van der Waals surface area contributed by atoms with Crippen molar-refractivity contribution in [2.45, 2.75) is 101 Å². The third kappa shape index (κ3) is 6.82. The minimum Gasteiger partial charge on any atom is -0.348 e. The summed E-state index contributed by atoms with van der Waals surface area (Å²) in [6.07, 6.45) is 4.18. The predicted molar refractivity (Wildman–Crippen MR) is 133 cm³/mol. The molecule has 0 bridgehead atoms. The van der Waals surface area contributed by atoms with Gasteiger partial charge in [-0.2, -0.15) is 18.3 Å². The minimum absolute atomic E-state index is 0.123. The van der Waals surface area contributed by atoms with Crippen LogP contribution in [0.2, 0.25) is 0 Å². The zero-order chi connectivity index (χ0) is 25.2. The molecular weight excluding hydrogens is 473 g/mol. The van der Waals surface area contributed by atoms with Gasteiger partial charge in [0.1, 0.15) is 0 Å². The summed E-state index contributed by atoms with van der Waals surface area (Å²) >= 11 is 0.987. The van der Waals surface area contributed by atoms with Gasteiger partial charge in [0, 0.05) is 28.6 Å². The lowest BCUT2D eigenvalue weighted by molar-refractivity contribution is -0.139. The Labute approximate surface area is 209 Å². The number of carbonyl (C=O) groups is 1. The van der Waals surface area contributed by atoms with Crippen LogP contribution in [0.3, 0.4) is 0 Å². The highest BCUT2D eigenvalue weighted by Crippen LogP contribution is 2.39. The highest BCUT2D eigenvalue weighted by Gasteiger charge is 2.35. The van der Waals surface area contributed by atoms with Crippen molar-refractivity contribution in [2.75, 3.05) is 0 Å². The molecule has 2 fully saturated rings. The molecule has 2 saturated carbocycles. The molecule has 35 heavy (non-hydrogen) atoms. The molecule has 5 nitrogen and oxygen atoms in total. The highest BCUT2D eigenvalue weighted by atomic mass is 32.2. The summed E-state index contributed by atoms with van der Waals surface area (Å²) in [6.45, 7) is 6.32. The van der Waals surface area contributed by atoms with Crippen LogP contribution in [0, 0.1) is 5.92 Å². The first-order valence-electron chi connectivity index (χ1n) is 12.5. The van der Waals surface area contributed by atoms with Gasteiger partial charge in [-0.25, -0.2) is 0 Å². The summed E-state index contributed by atoms with van der Waals surface area (Å²) in [5.41, 5.74) is 0.211. The summed E-state index contributed by atoms with van der Waals surface area (Å²) in [6, 6.07) is 6.21. The van der Waals surface area contributed by atoms with E-state index in [1.165, 1.54) is 18.6 Å². The molecule has 0 unspecified atom stereocenters. The van der Waals surface area contributed by atoms with Gasteiger partial charge in [0.15, 0.2) is 5.69 Å². The molecule has 2 aliphatic carbocycles. The van der Waals surface area contributed by atoms with Crippen LogP contribution in [0.25, 0.3) is 11.3 Å². The van der Waals surface area contributed by atoms with Gasteiger partial charge in [-0.05, 0) is 88.9 Å². The van der Waals surface area contributed by atoms with E-state index < -0.39 is 11.7 Å². The first kappa shape index (κ1) is 26.1. The van der Waals surface area contributed by atoms with Gasteiger partial charge in [-0.1, -0.05) is 25.3 Å². The summed E-state index contributed by atoms with van der Waals surface area (Å²) < 4.78 is 46.9. The van der Waals surface area contributed by atoms with Crippen LogP contribution in [-0.4, -0.2) is 27.3 Å². The summed E-state index contributed by atoms with van der Waals surface area (Å²) in [5, 5.41) is 7.58. The third-order valence-corrected chi connectivity index (χ3v) is 7.95. The number of carbonyl (C=O) groups excluding carboxylic acids is 1. The smallest absolute Gasteiger partial charge is 0.348 e. The van der Waals surface area contributed by atoms with Crippen molar-refractivity contribution in [3.05, 3.63) is 35.5 Å². The van der Waals surface area contributed by atoms with E-state index in [1.54, 1.807) is 16.8 Å². The monoisotopic (exact) mass is 508 g/mol. The molecule has 0 spiro atoms. The van der Waals surface area contributed by atoms with Gasteiger partial charge in [-0.15, -0.1) is 0 Å². The van der Waals surface area contributed by atoms with Crippen LogP contribution < -0.4 is 10.0 Å². The molecule has 2 aliphatic rings. The molecule has 1 aromatic carbocycles. The molecule has 4 rings (SSSR count). The second-order valence-corrected chi connectivity index (χ2v) is 11.7. The topological polar surface area (TPSA) is 59.0 Å². The van der Waals surface area contributed by atoms with Gasteiger partial charge in [0.2, 0.25) is 0 Å². The van der Waals surface area contributed by atoms with Crippen LogP contribution >= 0.6 is 11.9 Å². The number of hydrogen-bond acceptors (Lipinski definition) is 4. The predicted octanol–water partition coefficient (Wildman–Crippen LogP) is 6.83. The average molecular weight is 509 g/mol. The maximum absolute atomic E-state index is 14.0. The molecule has 0 atom stereocenters. The fourth-order valence-corrected chi connectivity index (χ4v) is 5.37. The van der Waals surface area contributed by atoms with E-state index in [9.17, 15) is 18.0 Å². The highest BCUT2D eigenvalue weighted by molar-refractivity contribution is 7.97. The lowest BCUT2D eigenvalue weighted by Gasteiger charge is -2.25. The Morgan fingerprint density at radius 2 is 1.77 bits per heavy atom. The zero-order valence-electron chi connectivity index (χ0n) is 20.7. The Morgan fingerprint density at radius 1 is 1.06 bits per heavy atom. The molecule has 2 aromatic rings. The Bertz CT molecular complexity index is 1030. The van der Waals surface area contributed by atoms with Crippen LogP contribution in [0.5, 0.6) is 0 Å². The molecule has 1 amide bonds. The first-order chi connectivity index (χ1) is 16.5. The number of nitrogens with one attached hydrogen (secondary N) is 2. The lowest BCUT2D eigenvalue weighted by atomic mass is 9.89. The maximum atomic E-state index is 14.0. The molecule has 0 radical (unpaired) electrons. The normalized spacial score (nSPS) is 17.9. The summed E-state index contributed by atoms with van der Waals surface area (Å²) in [4.78, 5) is 12.9. The van der Waals surface area contributed by atoms with E-state index in [-0.39, 0.29) is 28.1 Å². The number of aromatic nitrogens is 2. The van der Waals surface area contributed by atoms with Crippen molar-refractivity contribution in [1.29, 1.82) is 0 Å². The molecule has 0 aliphatic heterocycles. The van der Waals surface area contributed by atoms with Crippen LogP contribution in [0.15, 0.2) is 29.2 Å². The molecule has 1 heterocycles. The SMILES string of the molecule is CC(C)(C)NSc1ccc(-c2cc(C(=O)NC3CCC3)nn2CC2CCCCC2)cc1C(F)(F)F. The zero-order valence-corrected chi connectivity index (χ0v) is 21.5. The Kier molecular flexibility index (Phi) is 7.86. The van der Waals surface area contributed by atoms with E-state index in [2.05, 4.69) is 15.1 Å². The lowest BCUT2D eigenvalue weighted by Crippen LogP contribution is -2.39. The summed E-state index contributed by atoms with van der Waals surface area (Å²) in [5.74, 6) is 0.161. The van der Waals surface area contributed by atoms with Crippen LogP contribution in [0.4, 0.5) is 13.2 Å². The van der Waals surface area contributed by atoms with Gasteiger partial charge in [0.25, 0.3) is 5.91 Å². The molecular formula is C26H35F3N4OS. The molecule has 1 aromatic heterocycles. The van der Waals surface area contributed by atoms with Crippen LogP contribution in [-0.2, 0) is 12.7 Å². The van der Waals surface area contributed by atoms with Crippen molar-refractivity contribution >= 4 is 17.9 Å². The van der Waals surface area contributed by atoms with Crippen molar-refractivity contribution in [3.8, 4) is 11.3 Å². The Hall–Kier alpha value is -2.00. The number of nitrogens with zero attached hydrogens (tertiary/aromatic N) is 2. The quantitative estimate of drug-likeness (QED) is 0.403. The molecule has 2 N–H and O–H groups in total. The van der Waals surface area contributed by atoms with E-state index >= 15 is 0 Å². The minimum atomic E-state index is -4.50. The van der Waals surface area contributed by atoms with Gasteiger partial charge >= 0.3 is 6.18 Å². The first-order valence-corrected chi connectivity index (χ1v) is 13.4. The maximum Gasteiger partial charge on any atom is 0.417 e. The average Bonchev–Trinajstić information content (AvgIpc) is 3.18. The molecule has 0 saturated heterocycles. The van der Waals surface area contributed by atoms with Crippen molar-refractivity contribution < 1.29 is 18.0 Å². The number of amides is 1. The van der Waals surface area contributed by atoms with Gasteiger partial charge in [0.05, 0.1) is 11.3 Å².